The molecule has 1 amide bonds. The van der Waals surface area contributed by atoms with Crippen molar-refractivity contribution in [3.05, 3.63) is 42.0 Å². The summed E-state index contributed by atoms with van der Waals surface area (Å²) in [4.78, 5) is 23.2. The van der Waals surface area contributed by atoms with Crippen LogP contribution in [0.15, 0.2) is 36.4 Å². The highest BCUT2D eigenvalue weighted by Crippen LogP contribution is 2.15. The first-order chi connectivity index (χ1) is 14.1. The van der Waals surface area contributed by atoms with E-state index in [9.17, 15) is 9.59 Å². The van der Waals surface area contributed by atoms with Crippen LogP contribution < -0.4 is 10.6 Å². The highest BCUT2D eigenvalue weighted by atomic mass is 16.4. The van der Waals surface area contributed by atoms with Crippen LogP contribution in [-0.2, 0) is 4.79 Å². The summed E-state index contributed by atoms with van der Waals surface area (Å²) in [6, 6.07) is 6.27. The van der Waals surface area contributed by atoms with Gasteiger partial charge in [-0.15, -0.1) is 0 Å². The van der Waals surface area contributed by atoms with Gasteiger partial charge in [-0.25, -0.2) is 0 Å². The molecule has 0 radical (unpaired) electrons. The fourth-order valence-corrected chi connectivity index (χ4v) is 3.07. The second-order valence-electron chi connectivity index (χ2n) is 7.53. The zero-order chi connectivity index (χ0) is 21.3. The van der Waals surface area contributed by atoms with E-state index in [-0.39, 0.29) is 5.91 Å². The van der Waals surface area contributed by atoms with Crippen molar-refractivity contribution in [1.29, 1.82) is 0 Å². The summed E-state index contributed by atoms with van der Waals surface area (Å²) in [6.45, 7) is 4.47. The van der Waals surface area contributed by atoms with Gasteiger partial charge in [0.2, 0.25) is 0 Å². The monoisotopic (exact) mass is 402 g/mol. The second-order valence-corrected chi connectivity index (χ2v) is 7.53. The summed E-state index contributed by atoms with van der Waals surface area (Å²) in [5.74, 6) is -1.43. The Kier molecular flexibility index (Phi) is 13.3. The third kappa shape index (κ3) is 11.3. The van der Waals surface area contributed by atoms with Gasteiger partial charge in [0.25, 0.3) is 5.91 Å². The summed E-state index contributed by atoms with van der Waals surface area (Å²) in [5.41, 5.74) is 1.20. The van der Waals surface area contributed by atoms with Gasteiger partial charge in [0.15, 0.2) is 0 Å². The van der Waals surface area contributed by atoms with E-state index in [1.54, 1.807) is 12.1 Å². The minimum Gasteiger partial charge on any atom is -0.480 e. The van der Waals surface area contributed by atoms with E-state index in [0.717, 1.165) is 31.5 Å². The normalized spacial score (nSPS) is 12.1. The van der Waals surface area contributed by atoms with E-state index in [1.165, 1.54) is 51.9 Å². The minimum atomic E-state index is -1.05. The number of nitrogens with one attached hydrogen (secondary N) is 2. The van der Waals surface area contributed by atoms with Gasteiger partial charge in [0.05, 0.1) is 5.56 Å². The molecular weight excluding hydrogens is 364 g/mol. The highest BCUT2D eigenvalue weighted by molar-refractivity contribution is 6.01. The lowest BCUT2D eigenvalue weighted by Gasteiger charge is -2.13. The molecule has 162 valence electrons. The molecule has 0 aliphatic rings. The van der Waals surface area contributed by atoms with Crippen LogP contribution in [0.3, 0.4) is 0 Å². The third-order valence-electron chi connectivity index (χ3n) is 4.89. The number of hydrogen-bond acceptors (Lipinski definition) is 3. The first-order valence-corrected chi connectivity index (χ1v) is 11.1. The van der Waals surface area contributed by atoms with Crippen LogP contribution in [0.2, 0.25) is 0 Å². The van der Waals surface area contributed by atoms with E-state index in [2.05, 4.69) is 29.7 Å². The van der Waals surface area contributed by atoms with Gasteiger partial charge < -0.3 is 15.7 Å². The number of hydrogen-bond donors (Lipinski definition) is 3. The Hall–Kier alpha value is -2.30. The van der Waals surface area contributed by atoms with Crippen LogP contribution in [-0.4, -0.2) is 29.6 Å². The topological polar surface area (TPSA) is 78.4 Å². The molecule has 1 rings (SSSR count). The van der Waals surface area contributed by atoms with Crippen molar-refractivity contribution in [1.82, 2.24) is 5.32 Å². The lowest BCUT2D eigenvalue weighted by atomic mass is 10.1. The molecule has 1 aromatic rings. The van der Waals surface area contributed by atoms with Gasteiger partial charge in [-0.1, -0.05) is 69.7 Å². The molecule has 5 heteroatoms. The van der Waals surface area contributed by atoms with E-state index >= 15 is 0 Å². The van der Waals surface area contributed by atoms with Crippen molar-refractivity contribution in [2.75, 3.05) is 11.9 Å². The Balaban J connectivity index is 2.22. The molecule has 0 heterocycles. The molecule has 1 atom stereocenters. The van der Waals surface area contributed by atoms with Gasteiger partial charge in [-0.2, -0.15) is 0 Å². The minimum absolute atomic E-state index is 0.377. The van der Waals surface area contributed by atoms with Crippen LogP contribution in [0.25, 0.3) is 0 Å². The van der Waals surface area contributed by atoms with Crippen LogP contribution in [0.4, 0.5) is 5.69 Å². The average molecular weight is 403 g/mol. The molecule has 0 spiro atoms. The number of benzene rings is 1. The molecule has 0 bridgehead atoms. The molecule has 3 N–H and O–H groups in total. The number of allylic oxidation sites excluding steroid dienone is 2. The molecule has 0 fully saturated rings. The zero-order valence-corrected chi connectivity index (χ0v) is 18.1. The highest BCUT2D eigenvalue weighted by Gasteiger charge is 2.17. The Morgan fingerprint density at radius 1 is 0.966 bits per heavy atom. The van der Waals surface area contributed by atoms with Crippen molar-refractivity contribution in [2.45, 2.75) is 84.1 Å². The quantitative estimate of drug-likeness (QED) is 0.242. The number of carbonyl (C=O) groups is 2. The largest absolute Gasteiger partial charge is 0.480 e. The van der Waals surface area contributed by atoms with E-state index in [0.29, 0.717) is 5.56 Å². The van der Waals surface area contributed by atoms with Crippen molar-refractivity contribution in [3.63, 3.8) is 0 Å². The van der Waals surface area contributed by atoms with Crippen molar-refractivity contribution < 1.29 is 14.7 Å². The average Bonchev–Trinajstić information content (AvgIpc) is 2.71. The second kappa shape index (κ2) is 15.6. The van der Waals surface area contributed by atoms with Crippen LogP contribution in [0.1, 0.15) is 88.4 Å². The Bertz CT molecular complexity index is 628. The molecule has 0 aromatic heterocycles. The van der Waals surface area contributed by atoms with Crippen molar-refractivity contribution >= 4 is 17.6 Å². The van der Waals surface area contributed by atoms with Crippen molar-refractivity contribution in [2.24, 2.45) is 0 Å². The number of carboxylic acids is 1. The number of unbranched alkanes of at least 4 members (excludes halogenated alkanes) is 8. The smallest absolute Gasteiger partial charge is 0.325 e. The molecule has 0 aliphatic carbocycles. The lowest BCUT2D eigenvalue weighted by Crippen LogP contribution is -2.38. The number of carbonyl (C=O) groups excluding carboxylic acids is 1. The predicted octanol–water partition coefficient (Wildman–Crippen LogP) is 5.78. The third-order valence-corrected chi connectivity index (χ3v) is 4.89. The molecule has 0 saturated heterocycles. The van der Waals surface area contributed by atoms with Gasteiger partial charge in [-0.05, 0) is 44.7 Å². The number of carboxylic acid groups (broad SMARTS) is 1. The molecule has 5 nitrogen and oxygen atoms in total. The summed E-state index contributed by atoms with van der Waals surface area (Å²) in [7, 11) is 0. The summed E-state index contributed by atoms with van der Waals surface area (Å²) < 4.78 is 0. The number of amides is 1. The maximum Gasteiger partial charge on any atom is 0.325 e. The maximum absolute atomic E-state index is 12.3. The predicted molar refractivity (Wildman–Crippen MR) is 120 cm³/mol. The SMILES string of the molecule is CCCCCCCCCC=CCCCNc1ccccc1C(=O)NC(C)C(=O)O. The molecule has 1 aromatic carbocycles. The standard InChI is InChI=1S/C24H38N2O3/c1-3-4-5-6-7-8-9-10-11-12-13-16-19-25-22-18-15-14-17-21(22)23(27)26-20(2)24(28)29/h11-12,14-15,17-18,20,25H,3-10,13,16,19H2,1-2H3,(H,26,27)(H,28,29). The molecular formula is C24H38N2O3. The van der Waals surface area contributed by atoms with E-state index in [4.69, 9.17) is 5.11 Å². The molecule has 1 unspecified atom stereocenters. The fraction of sp³-hybridized carbons (Fsp3) is 0.583. The van der Waals surface area contributed by atoms with E-state index < -0.39 is 12.0 Å². The summed E-state index contributed by atoms with van der Waals surface area (Å²) >= 11 is 0. The molecule has 0 aliphatic heterocycles. The van der Waals surface area contributed by atoms with Crippen LogP contribution in [0.5, 0.6) is 0 Å². The van der Waals surface area contributed by atoms with Crippen LogP contribution in [0, 0.1) is 0 Å². The number of rotatable bonds is 16. The molecule has 29 heavy (non-hydrogen) atoms. The van der Waals surface area contributed by atoms with Gasteiger partial charge in [0, 0.05) is 12.2 Å². The van der Waals surface area contributed by atoms with Gasteiger partial charge in [0.1, 0.15) is 6.04 Å². The first-order valence-electron chi connectivity index (χ1n) is 11.1. The first kappa shape index (κ1) is 24.7. The number of para-hydroxylation sites is 1. The van der Waals surface area contributed by atoms with Crippen molar-refractivity contribution in [3.8, 4) is 0 Å². The fourth-order valence-electron chi connectivity index (χ4n) is 3.07. The molecule has 0 saturated carbocycles. The van der Waals surface area contributed by atoms with Gasteiger partial charge >= 0.3 is 5.97 Å². The van der Waals surface area contributed by atoms with Gasteiger partial charge in [-0.3, -0.25) is 9.59 Å². The summed E-state index contributed by atoms with van der Waals surface area (Å²) in [6.07, 6.45) is 17.1. The zero-order valence-electron chi connectivity index (χ0n) is 18.1. The Morgan fingerprint density at radius 2 is 1.59 bits per heavy atom. The maximum atomic E-state index is 12.3. The Morgan fingerprint density at radius 3 is 2.28 bits per heavy atom. The Labute approximate surface area is 176 Å². The number of anilines is 1. The van der Waals surface area contributed by atoms with E-state index in [1.807, 2.05) is 12.1 Å². The summed E-state index contributed by atoms with van der Waals surface area (Å²) in [5, 5.41) is 14.7. The number of aliphatic carboxylic acids is 1. The lowest BCUT2D eigenvalue weighted by molar-refractivity contribution is -0.138. The van der Waals surface area contributed by atoms with Crippen LogP contribution >= 0.6 is 0 Å².